The minimum Gasteiger partial charge on any atom is -0.380 e. The lowest BCUT2D eigenvalue weighted by Crippen LogP contribution is -2.26. The van der Waals surface area contributed by atoms with Gasteiger partial charge in [-0.2, -0.15) is 5.10 Å². The highest BCUT2D eigenvalue weighted by Gasteiger charge is 2.20. The standard InChI is InChI=1S/C17H16N4O3/c22-16(14-7-15-17(23)18-4-5-21(15)20-14)19-8-11-2-1-3-12(6-11)13-9-24-10-13/h1-7,13H,8-10H2,(H,18,23)(H,19,22). The molecule has 7 nitrogen and oxygen atoms in total. The summed E-state index contributed by atoms with van der Waals surface area (Å²) in [7, 11) is 0. The molecule has 0 atom stereocenters. The Morgan fingerprint density at radius 3 is 3.00 bits per heavy atom. The smallest absolute Gasteiger partial charge is 0.273 e. The second-order valence-electron chi connectivity index (χ2n) is 5.81. The van der Waals surface area contributed by atoms with E-state index in [1.807, 2.05) is 12.1 Å². The lowest BCUT2D eigenvalue weighted by Gasteiger charge is -2.26. The van der Waals surface area contributed by atoms with Gasteiger partial charge in [-0.1, -0.05) is 24.3 Å². The second-order valence-corrected chi connectivity index (χ2v) is 5.81. The normalized spacial score (nSPS) is 14.5. The lowest BCUT2D eigenvalue weighted by molar-refractivity contribution is 0.00839. The van der Waals surface area contributed by atoms with Crippen LogP contribution in [0.15, 0.2) is 47.5 Å². The van der Waals surface area contributed by atoms with E-state index in [4.69, 9.17) is 4.74 Å². The molecule has 1 aliphatic heterocycles. The third-order valence-electron chi connectivity index (χ3n) is 4.14. The van der Waals surface area contributed by atoms with E-state index in [1.54, 1.807) is 6.20 Å². The largest absolute Gasteiger partial charge is 0.380 e. The fraction of sp³-hybridized carbons (Fsp3) is 0.235. The van der Waals surface area contributed by atoms with Crippen molar-refractivity contribution in [2.24, 2.45) is 0 Å². The van der Waals surface area contributed by atoms with Gasteiger partial charge in [0, 0.05) is 30.9 Å². The van der Waals surface area contributed by atoms with Crippen LogP contribution in [-0.4, -0.2) is 33.7 Å². The molecule has 3 aromatic rings. The van der Waals surface area contributed by atoms with Crippen LogP contribution < -0.4 is 10.9 Å². The SMILES string of the molecule is O=C(NCc1cccc(C2COC2)c1)c1cc2c(=O)[nH]ccn2n1. The second kappa shape index (κ2) is 5.93. The molecule has 0 bridgehead atoms. The van der Waals surface area contributed by atoms with Crippen LogP contribution in [0.4, 0.5) is 0 Å². The zero-order chi connectivity index (χ0) is 16.5. The lowest BCUT2D eigenvalue weighted by atomic mass is 9.96. The van der Waals surface area contributed by atoms with E-state index in [2.05, 4.69) is 27.5 Å². The molecular weight excluding hydrogens is 308 g/mol. The van der Waals surface area contributed by atoms with Crippen molar-refractivity contribution in [2.75, 3.05) is 13.2 Å². The summed E-state index contributed by atoms with van der Waals surface area (Å²) in [5.41, 5.74) is 2.53. The number of carbonyl (C=O) groups is 1. The molecular formula is C17H16N4O3. The van der Waals surface area contributed by atoms with Crippen molar-refractivity contribution in [3.63, 3.8) is 0 Å². The summed E-state index contributed by atoms with van der Waals surface area (Å²) in [6.45, 7) is 1.92. The maximum Gasteiger partial charge on any atom is 0.273 e. The monoisotopic (exact) mass is 324 g/mol. The predicted octanol–water partition coefficient (Wildman–Crippen LogP) is 1.07. The minimum absolute atomic E-state index is 0.218. The van der Waals surface area contributed by atoms with Gasteiger partial charge in [-0.05, 0) is 11.1 Å². The average Bonchev–Trinajstić information content (AvgIpc) is 2.97. The number of hydrogen-bond donors (Lipinski definition) is 2. The Morgan fingerprint density at radius 2 is 2.25 bits per heavy atom. The van der Waals surface area contributed by atoms with Gasteiger partial charge in [-0.3, -0.25) is 9.59 Å². The van der Waals surface area contributed by atoms with Crippen molar-refractivity contribution < 1.29 is 9.53 Å². The van der Waals surface area contributed by atoms with E-state index < -0.39 is 0 Å². The summed E-state index contributed by atoms with van der Waals surface area (Å²) < 4.78 is 6.61. The molecule has 4 rings (SSSR count). The molecule has 0 saturated carbocycles. The van der Waals surface area contributed by atoms with E-state index in [9.17, 15) is 9.59 Å². The summed E-state index contributed by atoms with van der Waals surface area (Å²) in [6.07, 6.45) is 3.08. The van der Waals surface area contributed by atoms with Crippen LogP contribution >= 0.6 is 0 Å². The molecule has 0 aliphatic carbocycles. The van der Waals surface area contributed by atoms with Crippen LogP contribution in [-0.2, 0) is 11.3 Å². The number of rotatable bonds is 4. The summed E-state index contributed by atoms with van der Waals surface area (Å²) in [5.74, 6) is 0.140. The summed E-state index contributed by atoms with van der Waals surface area (Å²) in [4.78, 5) is 26.5. The molecule has 24 heavy (non-hydrogen) atoms. The molecule has 1 aromatic carbocycles. The predicted molar refractivity (Wildman–Crippen MR) is 87.0 cm³/mol. The van der Waals surface area contributed by atoms with E-state index >= 15 is 0 Å². The summed E-state index contributed by atoms with van der Waals surface area (Å²) in [6, 6.07) is 9.60. The number of aromatic nitrogens is 3. The van der Waals surface area contributed by atoms with Crippen molar-refractivity contribution in [3.05, 3.63) is 69.9 Å². The number of aromatic amines is 1. The Hall–Kier alpha value is -2.93. The van der Waals surface area contributed by atoms with Gasteiger partial charge in [-0.15, -0.1) is 0 Å². The average molecular weight is 324 g/mol. The maximum atomic E-state index is 12.3. The highest BCUT2D eigenvalue weighted by atomic mass is 16.5. The first-order chi connectivity index (χ1) is 11.7. The number of carbonyl (C=O) groups excluding carboxylic acids is 1. The molecule has 0 radical (unpaired) electrons. The fourth-order valence-corrected chi connectivity index (χ4v) is 2.70. The summed E-state index contributed by atoms with van der Waals surface area (Å²) in [5, 5.41) is 6.96. The topological polar surface area (TPSA) is 88.5 Å². The Morgan fingerprint density at radius 1 is 1.38 bits per heavy atom. The van der Waals surface area contributed by atoms with Gasteiger partial charge < -0.3 is 15.0 Å². The highest BCUT2D eigenvalue weighted by molar-refractivity contribution is 5.93. The third kappa shape index (κ3) is 2.69. The molecule has 2 aromatic heterocycles. The van der Waals surface area contributed by atoms with E-state index in [0.717, 1.165) is 18.8 Å². The Bertz CT molecular complexity index is 956. The number of nitrogens with one attached hydrogen (secondary N) is 2. The first-order valence-electron chi connectivity index (χ1n) is 7.72. The molecule has 1 amide bonds. The number of ether oxygens (including phenoxy) is 1. The van der Waals surface area contributed by atoms with Crippen LogP contribution in [0.25, 0.3) is 5.52 Å². The van der Waals surface area contributed by atoms with Crippen LogP contribution in [0, 0.1) is 0 Å². The van der Waals surface area contributed by atoms with Crippen molar-refractivity contribution in [1.82, 2.24) is 19.9 Å². The van der Waals surface area contributed by atoms with Gasteiger partial charge in [-0.25, -0.2) is 4.52 Å². The van der Waals surface area contributed by atoms with E-state index in [0.29, 0.717) is 18.0 Å². The highest BCUT2D eigenvalue weighted by Crippen LogP contribution is 2.24. The van der Waals surface area contributed by atoms with Gasteiger partial charge in [0.15, 0.2) is 5.69 Å². The number of benzene rings is 1. The zero-order valence-corrected chi connectivity index (χ0v) is 12.9. The van der Waals surface area contributed by atoms with Crippen LogP contribution in [0.2, 0.25) is 0 Å². The van der Waals surface area contributed by atoms with Crippen molar-refractivity contribution in [1.29, 1.82) is 0 Å². The van der Waals surface area contributed by atoms with E-state index in [1.165, 1.54) is 22.3 Å². The van der Waals surface area contributed by atoms with Gasteiger partial charge in [0.05, 0.1) is 13.2 Å². The van der Waals surface area contributed by atoms with Crippen LogP contribution in [0.1, 0.15) is 27.5 Å². The summed E-state index contributed by atoms with van der Waals surface area (Å²) >= 11 is 0. The first kappa shape index (κ1) is 14.6. The number of nitrogens with zero attached hydrogens (tertiary/aromatic N) is 2. The third-order valence-corrected chi connectivity index (χ3v) is 4.14. The molecule has 2 N–H and O–H groups in total. The Labute approximate surface area is 137 Å². The Kier molecular flexibility index (Phi) is 3.62. The number of H-pyrrole nitrogens is 1. The maximum absolute atomic E-state index is 12.3. The molecule has 3 heterocycles. The van der Waals surface area contributed by atoms with Crippen LogP contribution in [0.3, 0.4) is 0 Å². The molecule has 1 fully saturated rings. The van der Waals surface area contributed by atoms with Crippen molar-refractivity contribution in [3.8, 4) is 0 Å². The minimum atomic E-state index is -0.310. The Balaban J connectivity index is 1.47. The number of fused-ring (bicyclic) bond motifs is 1. The van der Waals surface area contributed by atoms with E-state index in [-0.39, 0.29) is 17.2 Å². The number of hydrogen-bond acceptors (Lipinski definition) is 4. The first-order valence-corrected chi connectivity index (χ1v) is 7.72. The van der Waals surface area contributed by atoms with Crippen LogP contribution in [0.5, 0.6) is 0 Å². The molecule has 122 valence electrons. The molecule has 0 spiro atoms. The van der Waals surface area contributed by atoms with Gasteiger partial charge in [0.1, 0.15) is 5.52 Å². The fourth-order valence-electron chi connectivity index (χ4n) is 2.70. The van der Waals surface area contributed by atoms with Gasteiger partial charge in [0.2, 0.25) is 0 Å². The molecule has 1 saturated heterocycles. The van der Waals surface area contributed by atoms with Gasteiger partial charge in [0.25, 0.3) is 11.5 Å². The number of amides is 1. The molecule has 0 unspecified atom stereocenters. The van der Waals surface area contributed by atoms with Crippen molar-refractivity contribution >= 4 is 11.4 Å². The zero-order valence-electron chi connectivity index (χ0n) is 12.9. The molecule has 1 aliphatic rings. The van der Waals surface area contributed by atoms with Crippen molar-refractivity contribution in [2.45, 2.75) is 12.5 Å². The van der Waals surface area contributed by atoms with Gasteiger partial charge >= 0.3 is 0 Å². The quantitative estimate of drug-likeness (QED) is 0.751. The molecule has 7 heteroatoms.